The lowest BCUT2D eigenvalue weighted by molar-refractivity contribution is -0.0854. The molecular weight excluding hydrogens is 231 g/mol. The smallest absolute Gasteiger partial charge is 0.330 e. The summed E-state index contributed by atoms with van der Waals surface area (Å²) in [4.78, 5) is 24.5. The number of aliphatic hydroxyl groups is 1. The second kappa shape index (κ2) is 3.05. The van der Waals surface area contributed by atoms with Crippen LogP contribution in [0.1, 0.15) is 13.2 Å². The van der Waals surface area contributed by atoms with Crippen molar-refractivity contribution in [2.45, 2.75) is 31.0 Å². The Morgan fingerprint density at radius 3 is 2.82 bits per heavy atom. The fraction of sp³-hybridized carbons (Fsp3) is 0.600. The van der Waals surface area contributed by atoms with E-state index in [-0.39, 0.29) is 0 Å². The van der Waals surface area contributed by atoms with Gasteiger partial charge in [-0.15, -0.1) is 0 Å². The van der Waals surface area contributed by atoms with Crippen LogP contribution < -0.4 is 11.2 Å². The number of H-pyrrole nitrogens is 1. The van der Waals surface area contributed by atoms with Gasteiger partial charge < -0.3 is 9.84 Å². The number of nitrogens with zero attached hydrogens (tertiary/aromatic N) is 1. The number of aliphatic hydroxyl groups excluding tert-OH is 1. The molecule has 1 aromatic heterocycles. The number of nitrogens with one attached hydrogen (secondary N) is 1. The molecule has 7 heteroatoms. The minimum Gasteiger partial charge on any atom is -0.390 e. The van der Waals surface area contributed by atoms with E-state index in [2.05, 4.69) is 0 Å². The molecule has 2 aliphatic rings. The Hall–Kier alpha value is -1.47. The third-order valence-corrected chi connectivity index (χ3v) is 3.44. The van der Waals surface area contributed by atoms with E-state index < -0.39 is 41.3 Å². The lowest BCUT2D eigenvalue weighted by Crippen LogP contribution is -2.41. The van der Waals surface area contributed by atoms with E-state index in [4.69, 9.17) is 4.74 Å². The van der Waals surface area contributed by atoms with Crippen molar-refractivity contribution in [2.75, 3.05) is 0 Å². The zero-order valence-corrected chi connectivity index (χ0v) is 8.96. The Morgan fingerprint density at radius 2 is 2.29 bits per heavy atom. The minimum atomic E-state index is -1.83. The van der Waals surface area contributed by atoms with Crippen LogP contribution in [0.3, 0.4) is 0 Å². The summed E-state index contributed by atoms with van der Waals surface area (Å²) in [6, 6.07) is 1.13. The van der Waals surface area contributed by atoms with Gasteiger partial charge in [-0.2, -0.15) is 0 Å². The fourth-order valence-electron chi connectivity index (χ4n) is 2.48. The van der Waals surface area contributed by atoms with Gasteiger partial charge in [0.1, 0.15) is 0 Å². The molecule has 0 radical (unpaired) electrons. The predicted molar refractivity (Wildman–Crippen MR) is 54.2 cm³/mol. The molecule has 2 unspecified atom stereocenters. The van der Waals surface area contributed by atoms with Crippen LogP contribution in [0.25, 0.3) is 0 Å². The van der Waals surface area contributed by atoms with Crippen molar-refractivity contribution in [1.82, 2.24) is 9.55 Å². The number of hydrogen-bond acceptors (Lipinski definition) is 4. The van der Waals surface area contributed by atoms with E-state index in [9.17, 15) is 19.1 Å². The number of fused-ring (bicyclic) bond motifs is 1. The van der Waals surface area contributed by atoms with E-state index in [1.807, 2.05) is 4.98 Å². The van der Waals surface area contributed by atoms with Gasteiger partial charge in [-0.1, -0.05) is 0 Å². The maximum Gasteiger partial charge on any atom is 0.330 e. The van der Waals surface area contributed by atoms with Gasteiger partial charge in [0.15, 0.2) is 11.9 Å². The lowest BCUT2D eigenvalue weighted by atomic mass is 10.0. The molecule has 0 bridgehead atoms. The van der Waals surface area contributed by atoms with Gasteiger partial charge in [-0.05, 0) is 6.92 Å². The van der Waals surface area contributed by atoms with Gasteiger partial charge in [0.2, 0.25) is 0 Å². The standard InChI is InChI=1S/C10H11FN2O4/c1-10(11)5-6(15)7(5)17-8(10)13-3-2-4(14)12-9(13)16/h2-3,5-8,15H,1H3,(H,12,14,16)/t5?,6?,7-,8+,10+/m0/s1. The Balaban J connectivity index is 2.02. The van der Waals surface area contributed by atoms with Gasteiger partial charge in [-0.3, -0.25) is 14.3 Å². The van der Waals surface area contributed by atoms with Crippen LogP contribution in [0.15, 0.2) is 21.9 Å². The first kappa shape index (κ1) is 10.7. The number of aromatic amines is 1. The Kier molecular flexibility index (Phi) is 1.91. The maximum absolute atomic E-state index is 14.4. The molecule has 6 nitrogen and oxygen atoms in total. The SMILES string of the molecule is C[C@@]1(F)C2C(O)[C@H]2O[C@H]1n1ccc(=O)[nH]c1=O. The average Bonchev–Trinajstić information content (AvgIpc) is 2.77. The number of rotatable bonds is 1. The molecule has 3 rings (SSSR count). The molecule has 17 heavy (non-hydrogen) atoms. The summed E-state index contributed by atoms with van der Waals surface area (Å²) in [6.45, 7) is 1.29. The molecule has 2 heterocycles. The summed E-state index contributed by atoms with van der Waals surface area (Å²) in [5.41, 5.74) is -3.09. The molecule has 1 aromatic rings. The first-order valence-electron chi connectivity index (χ1n) is 5.27. The highest BCUT2D eigenvalue weighted by Gasteiger charge is 2.71. The highest BCUT2D eigenvalue weighted by molar-refractivity contribution is 5.16. The molecule has 5 atom stereocenters. The van der Waals surface area contributed by atoms with E-state index in [0.717, 1.165) is 10.6 Å². The van der Waals surface area contributed by atoms with Crippen LogP contribution in [-0.4, -0.2) is 32.5 Å². The first-order chi connectivity index (χ1) is 7.93. The molecule has 1 saturated carbocycles. The second-order valence-corrected chi connectivity index (χ2v) is 4.64. The van der Waals surface area contributed by atoms with Crippen LogP contribution in [0.5, 0.6) is 0 Å². The summed E-state index contributed by atoms with van der Waals surface area (Å²) in [7, 11) is 0. The van der Waals surface area contributed by atoms with Gasteiger partial charge in [-0.25, -0.2) is 9.18 Å². The zero-order valence-electron chi connectivity index (χ0n) is 8.96. The molecule has 2 fully saturated rings. The van der Waals surface area contributed by atoms with Crippen molar-refractivity contribution in [3.8, 4) is 0 Å². The van der Waals surface area contributed by atoms with E-state index in [0.29, 0.717) is 0 Å². The molecule has 2 N–H and O–H groups in total. The molecule has 0 amide bonds. The number of aromatic nitrogens is 2. The van der Waals surface area contributed by atoms with Gasteiger partial charge in [0, 0.05) is 12.3 Å². The summed E-state index contributed by atoms with van der Waals surface area (Å²) >= 11 is 0. The van der Waals surface area contributed by atoms with E-state index in [1.165, 1.54) is 13.1 Å². The van der Waals surface area contributed by atoms with Gasteiger partial charge in [0.05, 0.1) is 18.1 Å². The number of hydrogen-bond donors (Lipinski definition) is 2. The van der Waals surface area contributed by atoms with Crippen molar-refractivity contribution in [3.05, 3.63) is 33.1 Å². The minimum absolute atomic E-state index is 0.546. The highest BCUT2D eigenvalue weighted by atomic mass is 19.1. The molecule has 1 aliphatic carbocycles. The Bertz CT molecular complexity index is 578. The quantitative estimate of drug-likeness (QED) is 0.672. The predicted octanol–water partition coefficient (Wildman–Crippen LogP) is -0.847. The monoisotopic (exact) mass is 242 g/mol. The Morgan fingerprint density at radius 1 is 1.59 bits per heavy atom. The summed E-state index contributed by atoms with van der Waals surface area (Å²) in [5, 5.41) is 9.35. The van der Waals surface area contributed by atoms with E-state index >= 15 is 0 Å². The lowest BCUT2D eigenvalue weighted by Gasteiger charge is -2.26. The largest absolute Gasteiger partial charge is 0.390 e. The number of ether oxygens (including phenoxy) is 1. The van der Waals surface area contributed by atoms with E-state index in [1.54, 1.807) is 0 Å². The normalized spacial score (nSPS) is 43.5. The van der Waals surface area contributed by atoms with Gasteiger partial charge >= 0.3 is 5.69 Å². The van der Waals surface area contributed by atoms with Crippen molar-refractivity contribution in [3.63, 3.8) is 0 Å². The topological polar surface area (TPSA) is 84.3 Å². The third kappa shape index (κ3) is 1.32. The van der Waals surface area contributed by atoms with Crippen LogP contribution in [-0.2, 0) is 4.74 Å². The average molecular weight is 242 g/mol. The fourth-order valence-corrected chi connectivity index (χ4v) is 2.48. The van der Waals surface area contributed by atoms with Crippen LogP contribution in [0, 0.1) is 5.92 Å². The second-order valence-electron chi connectivity index (χ2n) is 4.64. The van der Waals surface area contributed by atoms with Crippen LogP contribution in [0.2, 0.25) is 0 Å². The Labute approximate surface area is 94.7 Å². The molecule has 1 saturated heterocycles. The van der Waals surface area contributed by atoms with Crippen molar-refractivity contribution < 1.29 is 14.2 Å². The van der Waals surface area contributed by atoms with Crippen molar-refractivity contribution >= 4 is 0 Å². The van der Waals surface area contributed by atoms with Crippen LogP contribution >= 0.6 is 0 Å². The first-order valence-corrected chi connectivity index (χ1v) is 5.27. The maximum atomic E-state index is 14.4. The molecule has 1 aliphatic heterocycles. The molecule has 0 aromatic carbocycles. The van der Waals surface area contributed by atoms with Crippen molar-refractivity contribution in [1.29, 1.82) is 0 Å². The third-order valence-electron chi connectivity index (χ3n) is 3.44. The van der Waals surface area contributed by atoms with Crippen molar-refractivity contribution in [2.24, 2.45) is 5.92 Å². The molecule has 92 valence electrons. The highest BCUT2D eigenvalue weighted by Crippen LogP contribution is 2.57. The molecular formula is C10H11FN2O4. The number of alkyl halides is 1. The van der Waals surface area contributed by atoms with Crippen LogP contribution in [0.4, 0.5) is 4.39 Å². The summed E-state index contributed by atoms with van der Waals surface area (Å²) < 4.78 is 20.7. The molecule has 0 spiro atoms. The van der Waals surface area contributed by atoms with Gasteiger partial charge in [0.25, 0.3) is 5.56 Å². The zero-order chi connectivity index (χ0) is 12.4. The summed E-state index contributed by atoms with van der Waals surface area (Å²) in [5.74, 6) is -0.605. The number of halogens is 1. The summed E-state index contributed by atoms with van der Waals surface area (Å²) in [6.07, 6.45) is -1.28.